The Hall–Kier alpha value is -2.93. The van der Waals surface area contributed by atoms with E-state index in [0.29, 0.717) is 5.56 Å². The number of amides is 4. The van der Waals surface area contributed by atoms with Crippen molar-refractivity contribution in [1.82, 2.24) is 5.32 Å². The van der Waals surface area contributed by atoms with E-state index in [9.17, 15) is 19.5 Å². The van der Waals surface area contributed by atoms with E-state index in [4.69, 9.17) is 0 Å². The lowest BCUT2D eigenvalue weighted by Gasteiger charge is -2.26. The molecule has 120 valence electrons. The molecule has 7 heteroatoms. The molecule has 4 amide bonds. The first kappa shape index (κ1) is 15.9. The van der Waals surface area contributed by atoms with E-state index >= 15 is 0 Å². The molecule has 6 nitrogen and oxygen atoms in total. The van der Waals surface area contributed by atoms with Crippen LogP contribution in [0.2, 0.25) is 0 Å². The van der Waals surface area contributed by atoms with E-state index in [1.807, 2.05) is 0 Å². The fourth-order valence-electron chi connectivity index (χ4n) is 2.22. The molecule has 2 N–H and O–H groups in total. The Kier molecular flexibility index (Phi) is 4.18. The number of aromatic hydroxyl groups is 1. The third kappa shape index (κ3) is 3.07. The Bertz CT molecular complexity index is 857. The van der Waals surface area contributed by atoms with Crippen LogP contribution in [0, 0.1) is 0 Å². The van der Waals surface area contributed by atoms with Crippen LogP contribution in [0.15, 0.2) is 58.6 Å². The van der Waals surface area contributed by atoms with Crippen molar-refractivity contribution in [2.24, 2.45) is 0 Å². The van der Waals surface area contributed by atoms with Crippen LogP contribution in [-0.2, 0) is 9.59 Å². The molecule has 2 aromatic rings. The minimum absolute atomic E-state index is 0.00493. The van der Waals surface area contributed by atoms with Crippen molar-refractivity contribution >= 4 is 45.5 Å². The number of hydrogen-bond acceptors (Lipinski definition) is 4. The number of phenolic OH excluding ortho intramolecular Hbond substituents is 1. The highest BCUT2D eigenvalue weighted by molar-refractivity contribution is 9.10. The number of nitrogens with zero attached hydrogens (tertiary/aromatic N) is 1. The average molecular weight is 387 g/mol. The van der Waals surface area contributed by atoms with E-state index in [1.54, 1.807) is 24.3 Å². The molecule has 0 aliphatic carbocycles. The molecule has 1 aliphatic rings. The molecule has 0 bridgehead atoms. The molecule has 0 radical (unpaired) electrons. The Morgan fingerprint density at radius 3 is 2.21 bits per heavy atom. The summed E-state index contributed by atoms with van der Waals surface area (Å²) in [6.07, 6.45) is 1.42. The quantitative estimate of drug-likeness (QED) is 0.613. The van der Waals surface area contributed by atoms with Crippen molar-refractivity contribution in [3.05, 3.63) is 64.1 Å². The van der Waals surface area contributed by atoms with Gasteiger partial charge in [-0.15, -0.1) is 0 Å². The first-order valence-electron chi connectivity index (χ1n) is 6.92. The van der Waals surface area contributed by atoms with Gasteiger partial charge in [-0.25, -0.2) is 9.69 Å². The van der Waals surface area contributed by atoms with Crippen molar-refractivity contribution in [3.63, 3.8) is 0 Å². The number of urea groups is 1. The number of benzene rings is 2. The van der Waals surface area contributed by atoms with Gasteiger partial charge in [-0.05, 0) is 48.0 Å². The SMILES string of the molecule is O=C1NC(=O)N(c2ccc(O)cc2)C(=O)/C1=C/c1ccc(Br)cc1. The van der Waals surface area contributed by atoms with Gasteiger partial charge >= 0.3 is 6.03 Å². The van der Waals surface area contributed by atoms with Crippen LogP contribution < -0.4 is 10.2 Å². The maximum Gasteiger partial charge on any atom is 0.335 e. The Labute approximate surface area is 145 Å². The summed E-state index contributed by atoms with van der Waals surface area (Å²) in [5.74, 6) is -1.47. The number of carbonyl (C=O) groups is 3. The van der Waals surface area contributed by atoms with Gasteiger partial charge in [0.05, 0.1) is 5.69 Å². The zero-order valence-electron chi connectivity index (χ0n) is 12.2. The molecule has 3 rings (SSSR count). The summed E-state index contributed by atoms with van der Waals surface area (Å²) in [6.45, 7) is 0. The Balaban J connectivity index is 1.99. The number of hydrogen-bond donors (Lipinski definition) is 2. The number of carbonyl (C=O) groups excluding carboxylic acids is 3. The Morgan fingerprint density at radius 2 is 1.58 bits per heavy atom. The number of imide groups is 2. The fourth-order valence-corrected chi connectivity index (χ4v) is 2.48. The van der Waals surface area contributed by atoms with Crippen LogP contribution in [0.5, 0.6) is 5.75 Å². The second-order valence-electron chi connectivity index (χ2n) is 5.03. The molecule has 1 fully saturated rings. The lowest BCUT2D eigenvalue weighted by Crippen LogP contribution is -2.54. The monoisotopic (exact) mass is 386 g/mol. The van der Waals surface area contributed by atoms with E-state index in [-0.39, 0.29) is 17.0 Å². The summed E-state index contributed by atoms with van der Waals surface area (Å²) in [4.78, 5) is 37.5. The third-order valence-electron chi connectivity index (χ3n) is 3.39. The summed E-state index contributed by atoms with van der Waals surface area (Å²) in [7, 11) is 0. The van der Waals surface area contributed by atoms with E-state index < -0.39 is 17.8 Å². The molecule has 1 heterocycles. The van der Waals surface area contributed by atoms with Gasteiger partial charge in [0.2, 0.25) is 0 Å². The van der Waals surface area contributed by atoms with Gasteiger partial charge in [-0.2, -0.15) is 0 Å². The van der Waals surface area contributed by atoms with Gasteiger partial charge in [0.1, 0.15) is 11.3 Å². The summed E-state index contributed by atoms with van der Waals surface area (Å²) >= 11 is 3.31. The second kappa shape index (κ2) is 6.29. The average Bonchev–Trinajstić information content (AvgIpc) is 2.55. The molecule has 0 spiro atoms. The van der Waals surface area contributed by atoms with Gasteiger partial charge in [0.15, 0.2) is 0 Å². The van der Waals surface area contributed by atoms with Crippen LogP contribution >= 0.6 is 15.9 Å². The number of rotatable bonds is 2. The van der Waals surface area contributed by atoms with Crippen molar-refractivity contribution in [2.45, 2.75) is 0 Å². The van der Waals surface area contributed by atoms with Crippen molar-refractivity contribution in [3.8, 4) is 5.75 Å². The van der Waals surface area contributed by atoms with Crippen LogP contribution in [-0.4, -0.2) is 23.0 Å². The highest BCUT2D eigenvalue weighted by atomic mass is 79.9. The predicted molar refractivity (Wildman–Crippen MR) is 91.3 cm³/mol. The van der Waals surface area contributed by atoms with Crippen molar-refractivity contribution < 1.29 is 19.5 Å². The van der Waals surface area contributed by atoms with Crippen LogP contribution in [0.1, 0.15) is 5.56 Å². The molecule has 0 unspecified atom stereocenters. The molecule has 1 aliphatic heterocycles. The minimum Gasteiger partial charge on any atom is -0.508 e. The molecule has 2 aromatic carbocycles. The number of nitrogens with one attached hydrogen (secondary N) is 1. The fraction of sp³-hybridized carbons (Fsp3) is 0. The maximum atomic E-state index is 12.6. The topological polar surface area (TPSA) is 86.7 Å². The van der Waals surface area contributed by atoms with Crippen LogP contribution in [0.4, 0.5) is 10.5 Å². The molecular formula is C17H11BrN2O4. The highest BCUT2D eigenvalue weighted by Crippen LogP contribution is 2.24. The third-order valence-corrected chi connectivity index (χ3v) is 3.92. The van der Waals surface area contributed by atoms with Gasteiger partial charge in [0, 0.05) is 4.47 Å². The minimum atomic E-state index is -0.830. The zero-order valence-corrected chi connectivity index (χ0v) is 13.8. The summed E-state index contributed by atoms with van der Waals surface area (Å²) < 4.78 is 0.866. The van der Waals surface area contributed by atoms with Crippen molar-refractivity contribution in [1.29, 1.82) is 0 Å². The number of anilines is 1. The first-order valence-corrected chi connectivity index (χ1v) is 7.71. The summed E-state index contributed by atoms with van der Waals surface area (Å²) in [6, 6.07) is 11.7. The lowest BCUT2D eigenvalue weighted by molar-refractivity contribution is -0.122. The number of barbiturate groups is 1. The van der Waals surface area contributed by atoms with Gasteiger partial charge < -0.3 is 5.11 Å². The maximum absolute atomic E-state index is 12.6. The van der Waals surface area contributed by atoms with Gasteiger partial charge in [-0.3, -0.25) is 14.9 Å². The highest BCUT2D eigenvalue weighted by Gasteiger charge is 2.36. The van der Waals surface area contributed by atoms with Crippen molar-refractivity contribution in [2.75, 3.05) is 4.90 Å². The lowest BCUT2D eigenvalue weighted by atomic mass is 10.1. The van der Waals surface area contributed by atoms with Gasteiger partial charge in [-0.1, -0.05) is 28.1 Å². The smallest absolute Gasteiger partial charge is 0.335 e. The molecular weight excluding hydrogens is 376 g/mol. The molecule has 0 atom stereocenters. The van der Waals surface area contributed by atoms with Crippen LogP contribution in [0.25, 0.3) is 6.08 Å². The van der Waals surface area contributed by atoms with E-state index in [2.05, 4.69) is 21.2 Å². The zero-order chi connectivity index (χ0) is 17.3. The number of halogens is 1. The number of phenols is 1. The predicted octanol–water partition coefficient (Wildman–Crippen LogP) is 2.82. The van der Waals surface area contributed by atoms with E-state index in [1.165, 1.54) is 30.3 Å². The first-order chi connectivity index (χ1) is 11.5. The standard InChI is InChI=1S/C17H11BrN2O4/c18-11-3-1-10(2-4-11)9-14-15(22)19-17(24)20(16(14)23)12-5-7-13(21)8-6-12/h1-9,21H,(H,19,22,24)/b14-9+. The molecule has 0 aromatic heterocycles. The van der Waals surface area contributed by atoms with Crippen LogP contribution in [0.3, 0.4) is 0 Å². The van der Waals surface area contributed by atoms with Gasteiger partial charge in [0.25, 0.3) is 11.8 Å². The normalized spacial score (nSPS) is 16.5. The largest absolute Gasteiger partial charge is 0.508 e. The second-order valence-corrected chi connectivity index (χ2v) is 5.94. The summed E-state index contributed by atoms with van der Waals surface area (Å²) in [5.41, 5.74) is 0.756. The molecule has 24 heavy (non-hydrogen) atoms. The molecule has 1 saturated heterocycles. The summed E-state index contributed by atoms with van der Waals surface area (Å²) in [5, 5.41) is 11.5. The molecule has 0 saturated carbocycles. The van der Waals surface area contributed by atoms with E-state index in [0.717, 1.165) is 9.37 Å². The Morgan fingerprint density at radius 1 is 0.958 bits per heavy atom.